The number of pyridine rings is 1. The molecule has 7 heteroatoms. The van der Waals surface area contributed by atoms with Crippen molar-refractivity contribution in [2.24, 2.45) is 0 Å². The molecule has 1 unspecified atom stereocenters. The Balaban J connectivity index is 1.59. The zero-order valence-electron chi connectivity index (χ0n) is 13.8. The first-order chi connectivity index (χ1) is 12.0. The van der Waals surface area contributed by atoms with Gasteiger partial charge in [-0.15, -0.1) is 0 Å². The molecule has 5 nitrogen and oxygen atoms in total. The Morgan fingerprint density at radius 3 is 2.88 bits per heavy atom. The van der Waals surface area contributed by atoms with Crippen LogP contribution in [0.5, 0.6) is 0 Å². The Morgan fingerprint density at radius 1 is 1.32 bits per heavy atom. The van der Waals surface area contributed by atoms with Crippen LogP contribution in [0.15, 0.2) is 36.5 Å². The van der Waals surface area contributed by atoms with Crippen LogP contribution < -0.4 is 5.32 Å². The van der Waals surface area contributed by atoms with E-state index >= 15 is 0 Å². The average molecular weight is 347 g/mol. The molecule has 1 atom stereocenters. The van der Waals surface area contributed by atoms with Crippen LogP contribution in [0.25, 0.3) is 0 Å². The van der Waals surface area contributed by atoms with Gasteiger partial charge in [-0.3, -0.25) is 4.98 Å². The van der Waals surface area contributed by atoms with Crippen molar-refractivity contribution in [2.75, 3.05) is 19.7 Å². The number of hydrogen-bond donors (Lipinski definition) is 1. The van der Waals surface area contributed by atoms with E-state index in [1.807, 2.05) is 19.1 Å². The number of ether oxygens (including phenoxy) is 1. The van der Waals surface area contributed by atoms with E-state index in [1.165, 1.54) is 6.07 Å². The van der Waals surface area contributed by atoms with Crippen molar-refractivity contribution in [3.05, 3.63) is 65.0 Å². The highest BCUT2D eigenvalue weighted by Crippen LogP contribution is 2.23. The first kappa shape index (κ1) is 17.3. The Hall–Kier alpha value is -2.54. The predicted molar refractivity (Wildman–Crippen MR) is 87.8 cm³/mol. The van der Waals surface area contributed by atoms with Gasteiger partial charge in [0, 0.05) is 25.0 Å². The molecular weight excluding hydrogens is 328 g/mol. The number of nitrogens with one attached hydrogen (secondary N) is 1. The van der Waals surface area contributed by atoms with Crippen LogP contribution in [0, 0.1) is 18.6 Å². The van der Waals surface area contributed by atoms with Crippen molar-refractivity contribution in [2.45, 2.75) is 19.6 Å². The normalized spacial score (nSPS) is 17.4. The number of halogens is 2. The van der Waals surface area contributed by atoms with Crippen molar-refractivity contribution < 1.29 is 18.3 Å². The molecule has 0 bridgehead atoms. The number of rotatable bonds is 3. The molecule has 132 valence electrons. The van der Waals surface area contributed by atoms with Gasteiger partial charge in [-0.2, -0.15) is 0 Å². The van der Waals surface area contributed by atoms with Crippen LogP contribution >= 0.6 is 0 Å². The summed E-state index contributed by atoms with van der Waals surface area (Å²) in [5.74, 6) is -1.82. The standard InChI is InChI=1S/C18H19F2N3O2/c1-12-2-3-13(9-21-12)10-22-18(24)23-6-7-25-17(11-23)14-4-5-15(19)16(20)8-14/h2-5,8-9,17H,6-7,10-11H2,1H3,(H,22,24). The van der Waals surface area contributed by atoms with Gasteiger partial charge in [0.05, 0.1) is 13.2 Å². The molecule has 0 radical (unpaired) electrons. The van der Waals surface area contributed by atoms with Crippen molar-refractivity contribution in [1.82, 2.24) is 15.2 Å². The molecule has 1 aliphatic rings. The quantitative estimate of drug-likeness (QED) is 0.929. The van der Waals surface area contributed by atoms with Crippen molar-refractivity contribution in [3.8, 4) is 0 Å². The summed E-state index contributed by atoms with van der Waals surface area (Å²) in [5.41, 5.74) is 2.33. The van der Waals surface area contributed by atoms with Gasteiger partial charge in [-0.1, -0.05) is 12.1 Å². The lowest BCUT2D eigenvalue weighted by Crippen LogP contribution is -2.47. The fourth-order valence-corrected chi connectivity index (χ4v) is 2.64. The SMILES string of the molecule is Cc1ccc(CNC(=O)N2CCOC(c3ccc(F)c(F)c3)C2)cn1. The second-order valence-electron chi connectivity index (χ2n) is 5.95. The van der Waals surface area contributed by atoms with Gasteiger partial charge in [-0.05, 0) is 36.2 Å². The van der Waals surface area contributed by atoms with E-state index in [-0.39, 0.29) is 12.6 Å². The Kier molecular flexibility index (Phi) is 5.23. The van der Waals surface area contributed by atoms with Crippen LogP contribution in [0.4, 0.5) is 13.6 Å². The van der Waals surface area contributed by atoms with E-state index < -0.39 is 17.7 Å². The van der Waals surface area contributed by atoms with Gasteiger partial charge < -0.3 is 15.0 Å². The van der Waals surface area contributed by atoms with E-state index in [2.05, 4.69) is 10.3 Å². The van der Waals surface area contributed by atoms with E-state index in [9.17, 15) is 13.6 Å². The van der Waals surface area contributed by atoms with Crippen LogP contribution in [0.3, 0.4) is 0 Å². The zero-order chi connectivity index (χ0) is 17.8. The maximum atomic E-state index is 13.4. The number of morpholine rings is 1. The van der Waals surface area contributed by atoms with Gasteiger partial charge >= 0.3 is 6.03 Å². The third-order valence-electron chi connectivity index (χ3n) is 4.09. The minimum absolute atomic E-state index is 0.226. The summed E-state index contributed by atoms with van der Waals surface area (Å²) in [6.45, 7) is 3.33. The van der Waals surface area contributed by atoms with Gasteiger partial charge in [0.15, 0.2) is 11.6 Å². The molecule has 3 rings (SSSR count). The van der Waals surface area contributed by atoms with E-state index in [0.29, 0.717) is 25.3 Å². The summed E-state index contributed by atoms with van der Waals surface area (Å²) in [6, 6.07) is 7.22. The number of carbonyl (C=O) groups is 1. The van der Waals surface area contributed by atoms with E-state index in [1.54, 1.807) is 11.1 Å². The molecule has 0 saturated carbocycles. The Bertz CT molecular complexity index is 752. The maximum absolute atomic E-state index is 13.4. The number of nitrogens with zero attached hydrogens (tertiary/aromatic N) is 2. The maximum Gasteiger partial charge on any atom is 0.317 e. The summed E-state index contributed by atoms with van der Waals surface area (Å²) in [7, 11) is 0. The molecule has 2 heterocycles. The predicted octanol–water partition coefficient (Wildman–Crippen LogP) is 2.95. The number of carbonyl (C=O) groups excluding carboxylic acids is 1. The van der Waals surface area contributed by atoms with Crippen LogP contribution in [0.2, 0.25) is 0 Å². The first-order valence-electron chi connectivity index (χ1n) is 8.04. The Morgan fingerprint density at radius 2 is 2.16 bits per heavy atom. The molecule has 0 aliphatic carbocycles. The molecule has 1 saturated heterocycles. The van der Waals surface area contributed by atoms with Crippen LogP contribution in [-0.4, -0.2) is 35.6 Å². The lowest BCUT2D eigenvalue weighted by molar-refractivity contribution is -0.0156. The van der Waals surface area contributed by atoms with E-state index in [0.717, 1.165) is 23.4 Å². The first-order valence-corrected chi connectivity index (χ1v) is 8.04. The number of urea groups is 1. The molecular formula is C18H19F2N3O2. The Labute approximate surface area is 144 Å². The van der Waals surface area contributed by atoms with Crippen LogP contribution in [-0.2, 0) is 11.3 Å². The minimum Gasteiger partial charge on any atom is -0.370 e. The number of amides is 2. The van der Waals surface area contributed by atoms with E-state index in [4.69, 9.17) is 4.74 Å². The second-order valence-corrected chi connectivity index (χ2v) is 5.95. The summed E-state index contributed by atoms with van der Waals surface area (Å²) in [4.78, 5) is 18.1. The summed E-state index contributed by atoms with van der Waals surface area (Å²) in [6.07, 6.45) is 1.24. The minimum atomic E-state index is -0.922. The lowest BCUT2D eigenvalue weighted by atomic mass is 10.1. The molecule has 1 aromatic heterocycles. The highest BCUT2D eigenvalue weighted by molar-refractivity contribution is 5.74. The fourth-order valence-electron chi connectivity index (χ4n) is 2.64. The van der Waals surface area contributed by atoms with Crippen molar-refractivity contribution >= 4 is 6.03 Å². The highest BCUT2D eigenvalue weighted by atomic mass is 19.2. The fraction of sp³-hybridized carbons (Fsp3) is 0.333. The summed E-state index contributed by atoms with van der Waals surface area (Å²) >= 11 is 0. The van der Waals surface area contributed by atoms with Crippen molar-refractivity contribution in [3.63, 3.8) is 0 Å². The molecule has 0 spiro atoms. The topological polar surface area (TPSA) is 54.5 Å². The lowest BCUT2D eigenvalue weighted by Gasteiger charge is -2.33. The second kappa shape index (κ2) is 7.57. The third-order valence-corrected chi connectivity index (χ3v) is 4.09. The van der Waals surface area contributed by atoms with Crippen LogP contribution in [0.1, 0.15) is 22.9 Å². The highest BCUT2D eigenvalue weighted by Gasteiger charge is 2.26. The average Bonchev–Trinajstić information content (AvgIpc) is 2.63. The molecule has 25 heavy (non-hydrogen) atoms. The molecule has 1 fully saturated rings. The monoisotopic (exact) mass is 347 g/mol. The third kappa shape index (κ3) is 4.30. The number of hydrogen-bond acceptors (Lipinski definition) is 3. The molecule has 2 amide bonds. The van der Waals surface area contributed by atoms with Gasteiger partial charge in [0.25, 0.3) is 0 Å². The smallest absolute Gasteiger partial charge is 0.317 e. The van der Waals surface area contributed by atoms with Gasteiger partial charge in [0.2, 0.25) is 0 Å². The summed E-state index contributed by atoms with van der Waals surface area (Å²) in [5, 5.41) is 2.84. The summed E-state index contributed by atoms with van der Waals surface area (Å²) < 4.78 is 32.1. The number of aryl methyl sites for hydroxylation is 1. The zero-order valence-corrected chi connectivity index (χ0v) is 13.8. The largest absolute Gasteiger partial charge is 0.370 e. The molecule has 2 aromatic rings. The van der Waals surface area contributed by atoms with Gasteiger partial charge in [0.1, 0.15) is 6.10 Å². The van der Waals surface area contributed by atoms with Gasteiger partial charge in [-0.25, -0.2) is 13.6 Å². The van der Waals surface area contributed by atoms with Crippen molar-refractivity contribution in [1.29, 1.82) is 0 Å². The molecule has 1 aromatic carbocycles. The number of benzene rings is 1. The molecule has 1 aliphatic heterocycles. The number of aromatic nitrogens is 1. The molecule has 1 N–H and O–H groups in total.